The highest BCUT2D eigenvalue weighted by Crippen LogP contribution is 2.04. The third kappa shape index (κ3) is 3.39. The lowest BCUT2D eigenvalue weighted by Crippen LogP contribution is -2.29. The molecule has 1 aliphatic rings. The first kappa shape index (κ1) is 11.8. The van der Waals surface area contributed by atoms with Gasteiger partial charge in [-0.3, -0.25) is 9.78 Å². The fraction of sp³-hybridized carbons (Fsp3) is 0.385. The molecule has 0 saturated heterocycles. The topological polar surface area (TPSA) is 54.0 Å². The highest BCUT2D eigenvalue weighted by atomic mass is 16.1. The molecule has 0 saturated carbocycles. The first-order valence-corrected chi connectivity index (χ1v) is 5.85. The zero-order valence-corrected chi connectivity index (χ0v) is 9.99. The second-order valence-electron chi connectivity index (χ2n) is 4.19. The summed E-state index contributed by atoms with van der Waals surface area (Å²) in [6, 6.07) is 3.53. The van der Waals surface area contributed by atoms with Crippen molar-refractivity contribution in [3.63, 3.8) is 0 Å². The van der Waals surface area contributed by atoms with Crippen molar-refractivity contribution in [2.75, 3.05) is 19.6 Å². The van der Waals surface area contributed by atoms with Gasteiger partial charge in [-0.25, -0.2) is 0 Å². The van der Waals surface area contributed by atoms with Crippen molar-refractivity contribution >= 4 is 5.91 Å². The van der Waals surface area contributed by atoms with E-state index in [-0.39, 0.29) is 5.91 Å². The Morgan fingerprint density at radius 3 is 3.18 bits per heavy atom. The fourth-order valence-corrected chi connectivity index (χ4v) is 1.81. The lowest BCUT2D eigenvalue weighted by molar-refractivity contribution is 0.0956. The van der Waals surface area contributed by atoms with E-state index in [0.29, 0.717) is 12.1 Å². The predicted molar refractivity (Wildman–Crippen MR) is 66.9 cm³/mol. The van der Waals surface area contributed by atoms with Crippen LogP contribution in [-0.4, -0.2) is 30.5 Å². The van der Waals surface area contributed by atoms with Gasteiger partial charge in [0, 0.05) is 30.5 Å². The molecule has 0 spiro atoms. The Morgan fingerprint density at radius 2 is 2.47 bits per heavy atom. The summed E-state index contributed by atoms with van der Waals surface area (Å²) < 4.78 is 0. The summed E-state index contributed by atoms with van der Waals surface area (Å²) in [5, 5.41) is 6.18. The zero-order valence-electron chi connectivity index (χ0n) is 9.99. The molecule has 1 aliphatic heterocycles. The van der Waals surface area contributed by atoms with Crippen molar-refractivity contribution in [1.82, 2.24) is 15.6 Å². The van der Waals surface area contributed by atoms with Crippen LogP contribution in [0.2, 0.25) is 0 Å². The van der Waals surface area contributed by atoms with Crippen LogP contribution >= 0.6 is 0 Å². The van der Waals surface area contributed by atoms with Crippen molar-refractivity contribution in [3.05, 3.63) is 41.2 Å². The van der Waals surface area contributed by atoms with E-state index in [0.717, 1.165) is 25.2 Å². The quantitative estimate of drug-likeness (QED) is 0.764. The van der Waals surface area contributed by atoms with Gasteiger partial charge in [-0.05, 0) is 32.0 Å². The molecule has 17 heavy (non-hydrogen) atoms. The van der Waals surface area contributed by atoms with Crippen molar-refractivity contribution in [1.29, 1.82) is 0 Å². The van der Waals surface area contributed by atoms with E-state index in [2.05, 4.69) is 21.7 Å². The lowest BCUT2D eigenvalue weighted by Gasteiger charge is -2.14. The second kappa shape index (κ2) is 5.59. The smallest absolute Gasteiger partial charge is 0.251 e. The van der Waals surface area contributed by atoms with Crippen LogP contribution in [0.15, 0.2) is 30.0 Å². The fourth-order valence-electron chi connectivity index (χ4n) is 1.81. The van der Waals surface area contributed by atoms with Gasteiger partial charge in [0.2, 0.25) is 0 Å². The van der Waals surface area contributed by atoms with Crippen molar-refractivity contribution < 1.29 is 4.79 Å². The Balaban J connectivity index is 1.91. The number of aryl methyl sites for hydroxylation is 1. The second-order valence-corrected chi connectivity index (χ2v) is 4.19. The van der Waals surface area contributed by atoms with E-state index >= 15 is 0 Å². The summed E-state index contributed by atoms with van der Waals surface area (Å²) in [4.78, 5) is 15.9. The molecule has 1 aromatic rings. The summed E-state index contributed by atoms with van der Waals surface area (Å²) in [5.41, 5.74) is 2.83. The largest absolute Gasteiger partial charge is 0.348 e. The lowest BCUT2D eigenvalue weighted by atomic mass is 10.1. The average molecular weight is 231 g/mol. The van der Waals surface area contributed by atoms with Gasteiger partial charge in [0.15, 0.2) is 0 Å². The van der Waals surface area contributed by atoms with Gasteiger partial charge in [-0.15, -0.1) is 0 Å². The summed E-state index contributed by atoms with van der Waals surface area (Å²) >= 11 is 0. The normalized spacial score (nSPS) is 15.2. The summed E-state index contributed by atoms with van der Waals surface area (Å²) in [6.07, 6.45) is 4.81. The molecule has 0 aromatic carbocycles. The maximum Gasteiger partial charge on any atom is 0.251 e. The molecule has 2 N–H and O–H groups in total. The molecule has 0 unspecified atom stereocenters. The molecule has 2 rings (SSSR count). The number of aromatic nitrogens is 1. The number of carbonyl (C=O) groups is 1. The molecular formula is C13H17N3O. The number of hydrogen-bond acceptors (Lipinski definition) is 3. The van der Waals surface area contributed by atoms with Gasteiger partial charge in [-0.2, -0.15) is 0 Å². The Hall–Kier alpha value is -1.68. The number of rotatable bonds is 3. The van der Waals surface area contributed by atoms with Crippen LogP contribution in [0.1, 0.15) is 22.5 Å². The standard InChI is InChI=1S/C13H17N3O/c1-10-8-12(4-7-15-10)13(17)16-9-11-2-5-14-6-3-11/h2,4,7-8,14H,3,5-6,9H2,1H3,(H,16,17). The number of nitrogens with one attached hydrogen (secondary N) is 2. The van der Waals surface area contributed by atoms with Gasteiger partial charge in [0.1, 0.15) is 0 Å². The molecule has 4 nitrogen and oxygen atoms in total. The summed E-state index contributed by atoms with van der Waals surface area (Å²) in [7, 11) is 0. The Morgan fingerprint density at radius 1 is 1.59 bits per heavy atom. The number of hydrogen-bond donors (Lipinski definition) is 2. The van der Waals surface area contributed by atoms with Crippen molar-refractivity contribution in [2.45, 2.75) is 13.3 Å². The molecule has 0 bridgehead atoms. The van der Waals surface area contributed by atoms with Gasteiger partial charge in [-0.1, -0.05) is 11.6 Å². The predicted octanol–water partition coefficient (Wildman–Crippen LogP) is 1.04. The Labute approximate surface area is 101 Å². The Kier molecular flexibility index (Phi) is 3.88. The maximum atomic E-state index is 11.9. The molecule has 0 fully saturated rings. The Bertz CT molecular complexity index is 440. The highest BCUT2D eigenvalue weighted by Gasteiger charge is 2.07. The van der Waals surface area contributed by atoms with Crippen LogP contribution < -0.4 is 10.6 Å². The molecule has 1 aromatic heterocycles. The molecule has 2 heterocycles. The maximum absolute atomic E-state index is 11.9. The molecule has 0 radical (unpaired) electrons. The number of nitrogens with zero attached hydrogens (tertiary/aromatic N) is 1. The van der Waals surface area contributed by atoms with Gasteiger partial charge in [0.05, 0.1) is 0 Å². The van der Waals surface area contributed by atoms with Crippen LogP contribution in [0.25, 0.3) is 0 Å². The van der Waals surface area contributed by atoms with E-state index in [1.54, 1.807) is 18.3 Å². The first-order valence-electron chi connectivity index (χ1n) is 5.85. The van der Waals surface area contributed by atoms with Crippen molar-refractivity contribution in [3.8, 4) is 0 Å². The van der Waals surface area contributed by atoms with E-state index in [1.165, 1.54) is 5.57 Å². The van der Waals surface area contributed by atoms with Crippen molar-refractivity contribution in [2.24, 2.45) is 0 Å². The summed E-state index contributed by atoms with van der Waals surface area (Å²) in [6.45, 7) is 4.42. The molecule has 1 amide bonds. The van der Waals surface area contributed by atoms with E-state index in [1.807, 2.05) is 6.92 Å². The molecule has 0 aliphatic carbocycles. The average Bonchev–Trinajstić information content (AvgIpc) is 2.37. The van der Waals surface area contributed by atoms with Gasteiger partial charge >= 0.3 is 0 Å². The van der Waals surface area contributed by atoms with Crippen LogP contribution in [0.3, 0.4) is 0 Å². The number of amides is 1. The molecule has 0 atom stereocenters. The SMILES string of the molecule is Cc1cc(C(=O)NCC2=CCNCC2)ccn1. The van der Waals surface area contributed by atoms with Crippen LogP contribution in [0.4, 0.5) is 0 Å². The minimum absolute atomic E-state index is 0.0325. The van der Waals surface area contributed by atoms with Gasteiger partial charge < -0.3 is 10.6 Å². The molecular weight excluding hydrogens is 214 g/mol. The van der Waals surface area contributed by atoms with E-state index < -0.39 is 0 Å². The van der Waals surface area contributed by atoms with E-state index in [9.17, 15) is 4.79 Å². The number of pyridine rings is 1. The molecule has 90 valence electrons. The van der Waals surface area contributed by atoms with Crippen LogP contribution in [0.5, 0.6) is 0 Å². The van der Waals surface area contributed by atoms with Gasteiger partial charge in [0.25, 0.3) is 5.91 Å². The minimum atomic E-state index is -0.0325. The third-order valence-corrected chi connectivity index (χ3v) is 2.79. The van der Waals surface area contributed by atoms with Crippen LogP contribution in [0, 0.1) is 6.92 Å². The monoisotopic (exact) mass is 231 g/mol. The third-order valence-electron chi connectivity index (χ3n) is 2.79. The number of carbonyl (C=O) groups excluding carboxylic acids is 1. The first-order chi connectivity index (χ1) is 8.25. The van der Waals surface area contributed by atoms with Crippen LogP contribution in [-0.2, 0) is 0 Å². The van der Waals surface area contributed by atoms with E-state index in [4.69, 9.17) is 0 Å². The zero-order chi connectivity index (χ0) is 12.1. The highest BCUT2D eigenvalue weighted by molar-refractivity contribution is 5.94. The summed E-state index contributed by atoms with van der Waals surface area (Å²) in [5.74, 6) is -0.0325. The minimum Gasteiger partial charge on any atom is -0.348 e. The molecule has 4 heteroatoms.